The first-order valence-electron chi connectivity index (χ1n) is 10.3. The van der Waals surface area contributed by atoms with E-state index in [4.69, 9.17) is 9.40 Å². The molecule has 0 bridgehead atoms. The molecule has 1 aliphatic rings. The predicted molar refractivity (Wildman–Crippen MR) is 129 cm³/mol. The molecule has 3 aromatic carbocycles. The lowest BCUT2D eigenvalue weighted by Gasteiger charge is -2.22. The molecule has 0 spiro atoms. The maximum absolute atomic E-state index is 13.1. The van der Waals surface area contributed by atoms with Gasteiger partial charge in [-0.3, -0.25) is 9.79 Å². The summed E-state index contributed by atoms with van der Waals surface area (Å²) in [5, 5.41) is 0. The van der Waals surface area contributed by atoms with Gasteiger partial charge in [0.25, 0.3) is 0 Å². The van der Waals surface area contributed by atoms with Crippen LogP contribution in [-0.2, 0) is 11.3 Å². The lowest BCUT2D eigenvalue weighted by molar-refractivity contribution is -0.117. The van der Waals surface area contributed by atoms with E-state index in [0.717, 1.165) is 38.3 Å². The molecule has 0 aliphatic carbocycles. The first kappa shape index (κ1) is 20.4. The van der Waals surface area contributed by atoms with Crippen LogP contribution in [0, 0.1) is 6.92 Å². The number of aryl methyl sites for hydroxylation is 1. The highest BCUT2D eigenvalue weighted by atomic mass is 79.9. The van der Waals surface area contributed by atoms with Gasteiger partial charge in [0, 0.05) is 21.2 Å². The number of benzodiazepines with no additional fused rings is 1. The highest BCUT2D eigenvalue weighted by molar-refractivity contribution is 9.10. The summed E-state index contributed by atoms with van der Waals surface area (Å²) < 4.78 is 6.90. The Morgan fingerprint density at radius 2 is 1.72 bits per heavy atom. The molecule has 5 rings (SSSR count). The molecular formula is C26H20BrN3O2. The van der Waals surface area contributed by atoms with Crippen LogP contribution >= 0.6 is 15.9 Å². The van der Waals surface area contributed by atoms with Gasteiger partial charge in [0.2, 0.25) is 11.8 Å². The Morgan fingerprint density at radius 1 is 0.969 bits per heavy atom. The minimum Gasteiger partial charge on any atom is -0.441 e. The summed E-state index contributed by atoms with van der Waals surface area (Å²) in [6, 6.07) is 25.6. The van der Waals surface area contributed by atoms with Crippen molar-refractivity contribution in [3.05, 3.63) is 106 Å². The number of oxazole rings is 1. The third-order valence-corrected chi connectivity index (χ3v) is 5.94. The van der Waals surface area contributed by atoms with Crippen LogP contribution in [0.1, 0.15) is 22.6 Å². The van der Waals surface area contributed by atoms with E-state index in [-0.39, 0.29) is 12.5 Å². The van der Waals surface area contributed by atoms with Crippen molar-refractivity contribution in [2.24, 2.45) is 4.99 Å². The Kier molecular flexibility index (Phi) is 5.45. The van der Waals surface area contributed by atoms with Crippen LogP contribution in [-0.4, -0.2) is 23.1 Å². The summed E-state index contributed by atoms with van der Waals surface area (Å²) in [5.74, 6) is 1.16. The number of carbonyl (C=O) groups is 1. The van der Waals surface area contributed by atoms with Gasteiger partial charge in [0.05, 0.1) is 17.9 Å². The maximum Gasteiger partial charge on any atom is 0.249 e. The number of aromatic nitrogens is 1. The van der Waals surface area contributed by atoms with E-state index in [1.54, 1.807) is 4.90 Å². The quantitative estimate of drug-likeness (QED) is 0.367. The second-order valence-corrected chi connectivity index (χ2v) is 8.48. The molecule has 0 saturated carbocycles. The summed E-state index contributed by atoms with van der Waals surface area (Å²) in [7, 11) is 0. The van der Waals surface area contributed by atoms with Gasteiger partial charge in [-0.25, -0.2) is 4.98 Å². The molecule has 4 aromatic rings. The summed E-state index contributed by atoms with van der Waals surface area (Å²) in [5.41, 5.74) is 5.17. The van der Waals surface area contributed by atoms with Gasteiger partial charge in [-0.1, -0.05) is 70.5 Å². The number of nitrogens with zero attached hydrogens (tertiary/aromatic N) is 3. The number of amides is 1. The number of anilines is 1. The largest absolute Gasteiger partial charge is 0.441 e. The molecule has 1 amide bonds. The molecule has 0 fully saturated rings. The summed E-state index contributed by atoms with van der Waals surface area (Å²) >= 11 is 3.49. The van der Waals surface area contributed by atoms with Gasteiger partial charge in [-0.05, 0) is 31.2 Å². The number of para-hydroxylation sites is 1. The standard InChI is InChI=1S/C26H20BrN3O2/c1-17-22(29-26(32-17)19-10-7-11-20(27)14-19)16-30-23-13-6-5-12-21(23)25(28-15-24(30)31)18-8-3-2-4-9-18/h2-14H,15-16H2,1H3. The van der Waals surface area contributed by atoms with Gasteiger partial charge in [0.1, 0.15) is 18.0 Å². The Balaban J connectivity index is 1.52. The van der Waals surface area contributed by atoms with E-state index < -0.39 is 0 Å². The SMILES string of the molecule is Cc1oc(-c2cccc(Br)c2)nc1CN1C(=O)CN=C(c2ccccc2)c2ccccc21. The molecule has 0 atom stereocenters. The monoisotopic (exact) mass is 485 g/mol. The fraction of sp³-hybridized carbons (Fsp3) is 0.115. The fourth-order valence-corrected chi connectivity index (χ4v) is 4.25. The lowest BCUT2D eigenvalue weighted by Crippen LogP contribution is -2.32. The molecule has 0 N–H and O–H groups in total. The van der Waals surface area contributed by atoms with Crippen molar-refractivity contribution >= 4 is 33.2 Å². The predicted octanol–water partition coefficient (Wildman–Crippen LogP) is 5.80. The average molecular weight is 486 g/mol. The number of rotatable bonds is 4. The van der Waals surface area contributed by atoms with Crippen LogP contribution in [0.3, 0.4) is 0 Å². The Bertz CT molecular complexity index is 1330. The first-order chi connectivity index (χ1) is 15.6. The molecule has 2 heterocycles. The molecule has 0 saturated heterocycles. The van der Waals surface area contributed by atoms with E-state index in [0.29, 0.717) is 18.2 Å². The number of aliphatic imine (C=N–C) groups is 1. The molecule has 1 aliphatic heterocycles. The van der Waals surface area contributed by atoms with Crippen molar-refractivity contribution in [2.45, 2.75) is 13.5 Å². The highest BCUT2D eigenvalue weighted by Crippen LogP contribution is 2.30. The number of fused-ring (bicyclic) bond motifs is 1. The number of hydrogen-bond donors (Lipinski definition) is 0. The smallest absolute Gasteiger partial charge is 0.249 e. The summed E-state index contributed by atoms with van der Waals surface area (Å²) in [4.78, 5) is 24.3. The molecule has 0 radical (unpaired) electrons. The molecule has 0 unspecified atom stereocenters. The zero-order chi connectivity index (χ0) is 22.1. The molecule has 5 nitrogen and oxygen atoms in total. The van der Waals surface area contributed by atoms with Gasteiger partial charge in [-0.2, -0.15) is 0 Å². The lowest BCUT2D eigenvalue weighted by atomic mass is 10.00. The zero-order valence-electron chi connectivity index (χ0n) is 17.5. The molecular weight excluding hydrogens is 466 g/mol. The second-order valence-electron chi connectivity index (χ2n) is 7.56. The Morgan fingerprint density at radius 3 is 2.53 bits per heavy atom. The van der Waals surface area contributed by atoms with E-state index >= 15 is 0 Å². The van der Waals surface area contributed by atoms with Crippen LogP contribution in [0.25, 0.3) is 11.5 Å². The van der Waals surface area contributed by atoms with Crippen LogP contribution in [0.15, 0.2) is 92.7 Å². The minimum atomic E-state index is -0.0743. The number of benzene rings is 3. The second kappa shape index (κ2) is 8.55. The molecule has 1 aromatic heterocycles. The van der Waals surface area contributed by atoms with Gasteiger partial charge in [-0.15, -0.1) is 0 Å². The van der Waals surface area contributed by atoms with Crippen LogP contribution < -0.4 is 4.90 Å². The fourth-order valence-electron chi connectivity index (χ4n) is 3.85. The normalized spacial score (nSPS) is 13.5. The van der Waals surface area contributed by atoms with E-state index in [1.165, 1.54) is 0 Å². The van der Waals surface area contributed by atoms with Crippen molar-refractivity contribution < 1.29 is 9.21 Å². The Labute approximate surface area is 194 Å². The van der Waals surface area contributed by atoms with Crippen molar-refractivity contribution in [1.82, 2.24) is 4.98 Å². The third kappa shape index (κ3) is 3.89. The van der Waals surface area contributed by atoms with Crippen molar-refractivity contribution in [1.29, 1.82) is 0 Å². The molecule has 6 heteroatoms. The van der Waals surface area contributed by atoms with Gasteiger partial charge < -0.3 is 9.32 Å². The van der Waals surface area contributed by atoms with Crippen LogP contribution in [0.2, 0.25) is 0 Å². The summed E-state index contributed by atoms with van der Waals surface area (Å²) in [6.45, 7) is 2.27. The number of halogens is 1. The van der Waals surface area contributed by atoms with Crippen LogP contribution in [0.5, 0.6) is 0 Å². The van der Waals surface area contributed by atoms with Crippen molar-refractivity contribution in [3.8, 4) is 11.5 Å². The topological polar surface area (TPSA) is 58.7 Å². The maximum atomic E-state index is 13.1. The van der Waals surface area contributed by atoms with E-state index in [1.807, 2.05) is 85.8 Å². The van der Waals surface area contributed by atoms with E-state index in [9.17, 15) is 4.79 Å². The minimum absolute atomic E-state index is 0.0743. The van der Waals surface area contributed by atoms with Crippen molar-refractivity contribution in [3.63, 3.8) is 0 Å². The van der Waals surface area contributed by atoms with E-state index in [2.05, 4.69) is 20.9 Å². The first-order valence-corrected chi connectivity index (χ1v) is 11.1. The van der Waals surface area contributed by atoms with Gasteiger partial charge >= 0.3 is 0 Å². The Hall–Kier alpha value is -3.51. The van der Waals surface area contributed by atoms with Crippen molar-refractivity contribution in [2.75, 3.05) is 11.4 Å². The molecule has 32 heavy (non-hydrogen) atoms. The highest BCUT2D eigenvalue weighted by Gasteiger charge is 2.26. The average Bonchev–Trinajstić information content (AvgIpc) is 3.12. The van der Waals surface area contributed by atoms with Gasteiger partial charge in [0.15, 0.2) is 0 Å². The summed E-state index contributed by atoms with van der Waals surface area (Å²) in [6.07, 6.45) is 0. The number of hydrogen-bond acceptors (Lipinski definition) is 4. The number of carbonyl (C=O) groups excluding carboxylic acids is 1. The molecule has 158 valence electrons. The zero-order valence-corrected chi connectivity index (χ0v) is 19.0. The third-order valence-electron chi connectivity index (χ3n) is 5.44. The van der Waals surface area contributed by atoms with Crippen LogP contribution in [0.4, 0.5) is 5.69 Å².